The predicted octanol–water partition coefficient (Wildman–Crippen LogP) is 1.74. The van der Waals surface area contributed by atoms with Crippen molar-refractivity contribution in [3.63, 3.8) is 0 Å². The van der Waals surface area contributed by atoms with Crippen LogP contribution in [-0.2, 0) is 13.1 Å². The standard InChI is InChI=1S/C14H18N4O/c1-2-13(19)11-5-3-4-6-12(11)17-7-8-18-10-15-16-14(18)9-17/h3-6,10,13,19H,2,7-9H2,1H3. The van der Waals surface area contributed by atoms with Crippen molar-refractivity contribution in [3.8, 4) is 0 Å². The zero-order chi connectivity index (χ0) is 13.2. The largest absolute Gasteiger partial charge is 0.388 e. The monoisotopic (exact) mass is 258 g/mol. The van der Waals surface area contributed by atoms with Crippen molar-refractivity contribution in [2.24, 2.45) is 0 Å². The highest BCUT2D eigenvalue weighted by Gasteiger charge is 2.21. The number of para-hydroxylation sites is 1. The Balaban J connectivity index is 1.91. The van der Waals surface area contributed by atoms with Crippen molar-refractivity contribution in [1.29, 1.82) is 0 Å². The maximum absolute atomic E-state index is 10.1. The fourth-order valence-corrected chi connectivity index (χ4v) is 2.55. The second kappa shape index (κ2) is 5.01. The Morgan fingerprint density at radius 2 is 2.16 bits per heavy atom. The highest BCUT2D eigenvalue weighted by Crippen LogP contribution is 2.30. The molecule has 0 aliphatic carbocycles. The van der Waals surface area contributed by atoms with Gasteiger partial charge in [0.2, 0.25) is 0 Å². The van der Waals surface area contributed by atoms with E-state index in [1.807, 2.05) is 25.1 Å². The molecule has 1 aromatic carbocycles. The molecule has 1 N–H and O–H groups in total. The summed E-state index contributed by atoms with van der Waals surface area (Å²) in [7, 11) is 0. The van der Waals surface area contributed by atoms with Crippen LogP contribution in [0.15, 0.2) is 30.6 Å². The van der Waals surface area contributed by atoms with E-state index in [2.05, 4.69) is 25.7 Å². The lowest BCUT2D eigenvalue weighted by Gasteiger charge is -2.31. The molecule has 5 heteroatoms. The summed E-state index contributed by atoms with van der Waals surface area (Å²) in [6.07, 6.45) is 2.09. The van der Waals surface area contributed by atoms with Crippen LogP contribution in [0.25, 0.3) is 0 Å². The maximum atomic E-state index is 10.1. The Morgan fingerprint density at radius 3 is 3.00 bits per heavy atom. The first-order valence-corrected chi connectivity index (χ1v) is 6.68. The van der Waals surface area contributed by atoms with Gasteiger partial charge >= 0.3 is 0 Å². The van der Waals surface area contributed by atoms with Crippen LogP contribution in [0.4, 0.5) is 5.69 Å². The normalized spacial score (nSPS) is 16.2. The summed E-state index contributed by atoms with van der Waals surface area (Å²) in [4.78, 5) is 2.26. The molecule has 0 saturated heterocycles. The molecule has 1 unspecified atom stereocenters. The molecular formula is C14H18N4O. The molecule has 2 aromatic rings. The molecule has 5 nitrogen and oxygen atoms in total. The van der Waals surface area contributed by atoms with Gasteiger partial charge in [-0.2, -0.15) is 0 Å². The van der Waals surface area contributed by atoms with Crippen molar-refractivity contribution >= 4 is 5.69 Å². The van der Waals surface area contributed by atoms with E-state index in [-0.39, 0.29) is 0 Å². The molecule has 1 atom stereocenters. The number of aliphatic hydroxyl groups excluding tert-OH is 1. The predicted molar refractivity (Wildman–Crippen MR) is 72.8 cm³/mol. The first-order chi connectivity index (χ1) is 9.29. The Labute approximate surface area is 112 Å². The van der Waals surface area contributed by atoms with Crippen molar-refractivity contribution in [2.45, 2.75) is 32.5 Å². The van der Waals surface area contributed by atoms with Gasteiger partial charge < -0.3 is 14.6 Å². The fourth-order valence-electron chi connectivity index (χ4n) is 2.55. The van der Waals surface area contributed by atoms with Crippen LogP contribution in [-0.4, -0.2) is 26.4 Å². The van der Waals surface area contributed by atoms with Crippen LogP contribution in [0.1, 0.15) is 30.8 Å². The van der Waals surface area contributed by atoms with Crippen LogP contribution < -0.4 is 4.90 Å². The van der Waals surface area contributed by atoms with Gasteiger partial charge in [0.05, 0.1) is 12.6 Å². The van der Waals surface area contributed by atoms with Gasteiger partial charge in [-0.25, -0.2) is 0 Å². The molecule has 0 radical (unpaired) electrons. The molecule has 0 amide bonds. The third-order valence-corrected chi connectivity index (χ3v) is 3.66. The van der Waals surface area contributed by atoms with Gasteiger partial charge in [-0.3, -0.25) is 0 Å². The quantitative estimate of drug-likeness (QED) is 0.911. The third-order valence-electron chi connectivity index (χ3n) is 3.66. The van der Waals surface area contributed by atoms with Crippen molar-refractivity contribution < 1.29 is 5.11 Å². The lowest BCUT2D eigenvalue weighted by atomic mass is 10.0. The van der Waals surface area contributed by atoms with E-state index in [9.17, 15) is 5.11 Å². The topological polar surface area (TPSA) is 54.2 Å². The summed E-state index contributed by atoms with van der Waals surface area (Å²) in [5, 5.41) is 18.2. The van der Waals surface area contributed by atoms with Crippen LogP contribution in [0.2, 0.25) is 0 Å². The number of nitrogens with zero attached hydrogens (tertiary/aromatic N) is 4. The number of hydrogen-bond acceptors (Lipinski definition) is 4. The van der Waals surface area contributed by atoms with E-state index in [1.165, 1.54) is 0 Å². The van der Waals surface area contributed by atoms with Crippen molar-refractivity contribution in [1.82, 2.24) is 14.8 Å². The van der Waals surface area contributed by atoms with Crippen molar-refractivity contribution in [3.05, 3.63) is 42.0 Å². The van der Waals surface area contributed by atoms with E-state index in [4.69, 9.17) is 0 Å². The van der Waals surface area contributed by atoms with Gasteiger partial charge in [0.1, 0.15) is 6.33 Å². The highest BCUT2D eigenvalue weighted by molar-refractivity contribution is 5.55. The maximum Gasteiger partial charge on any atom is 0.152 e. The molecule has 1 aliphatic heterocycles. The van der Waals surface area contributed by atoms with Gasteiger partial charge in [0.15, 0.2) is 5.82 Å². The molecule has 100 valence electrons. The minimum atomic E-state index is -0.406. The first-order valence-electron chi connectivity index (χ1n) is 6.68. The zero-order valence-electron chi connectivity index (χ0n) is 11.0. The van der Waals surface area contributed by atoms with E-state index in [1.54, 1.807) is 6.33 Å². The molecule has 1 aliphatic rings. The lowest BCUT2D eigenvalue weighted by Crippen LogP contribution is -2.34. The summed E-state index contributed by atoms with van der Waals surface area (Å²) in [5.74, 6) is 0.979. The third kappa shape index (κ3) is 2.21. The van der Waals surface area contributed by atoms with E-state index < -0.39 is 6.10 Å². The number of anilines is 1. The Morgan fingerprint density at radius 1 is 1.32 bits per heavy atom. The summed E-state index contributed by atoms with van der Waals surface area (Å²) >= 11 is 0. The van der Waals surface area contributed by atoms with Gasteiger partial charge in [-0.15, -0.1) is 10.2 Å². The summed E-state index contributed by atoms with van der Waals surface area (Å²) in [6, 6.07) is 8.06. The molecule has 0 fully saturated rings. The molecule has 1 aromatic heterocycles. The van der Waals surface area contributed by atoms with Gasteiger partial charge in [0, 0.05) is 24.3 Å². The highest BCUT2D eigenvalue weighted by atomic mass is 16.3. The minimum absolute atomic E-state index is 0.406. The zero-order valence-corrected chi connectivity index (χ0v) is 11.0. The van der Waals surface area contributed by atoms with Crippen LogP contribution in [0.3, 0.4) is 0 Å². The summed E-state index contributed by atoms with van der Waals surface area (Å²) < 4.78 is 2.08. The van der Waals surface area contributed by atoms with E-state index in [0.29, 0.717) is 0 Å². The molecule has 3 rings (SSSR count). The number of hydrogen-bond donors (Lipinski definition) is 1. The molecule has 0 bridgehead atoms. The second-order valence-electron chi connectivity index (χ2n) is 4.84. The van der Waals surface area contributed by atoms with Crippen LogP contribution in [0, 0.1) is 0 Å². The SMILES string of the molecule is CCC(O)c1ccccc1N1CCn2cnnc2C1. The molecular weight excluding hydrogens is 240 g/mol. The average Bonchev–Trinajstić information content (AvgIpc) is 2.93. The number of aliphatic hydroxyl groups is 1. The Hall–Kier alpha value is -1.88. The Bertz CT molecular complexity index is 566. The first kappa shape index (κ1) is 12.2. The number of fused-ring (bicyclic) bond motifs is 1. The lowest BCUT2D eigenvalue weighted by molar-refractivity contribution is 0.174. The molecule has 0 saturated carbocycles. The van der Waals surface area contributed by atoms with Crippen molar-refractivity contribution in [2.75, 3.05) is 11.4 Å². The van der Waals surface area contributed by atoms with E-state index in [0.717, 1.165) is 43.1 Å². The number of benzene rings is 1. The van der Waals surface area contributed by atoms with Gasteiger partial charge in [-0.05, 0) is 12.5 Å². The molecule has 19 heavy (non-hydrogen) atoms. The minimum Gasteiger partial charge on any atom is -0.388 e. The summed E-state index contributed by atoms with van der Waals surface area (Å²) in [6.45, 7) is 4.54. The number of rotatable bonds is 3. The second-order valence-corrected chi connectivity index (χ2v) is 4.84. The van der Waals surface area contributed by atoms with Gasteiger partial charge in [0.25, 0.3) is 0 Å². The number of aromatic nitrogens is 3. The van der Waals surface area contributed by atoms with Crippen LogP contribution >= 0.6 is 0 Å². The Kier molecular flexibility index (Phi) is 3.21. The molecule has 2 heterocycles. The summed E-state index contributed by atoms with van der Waals surface area (Å²) in [5.41, 5.74) is 2.10. The van der Waals surface area contributed by atoms with Gasteiger partial charge in [-0.1, -0.05) is 25.1 Å². The molecule has 0 spiro atoms. The average molecular weight is 258 g/mol. The van der Waals surface area contributed by atoms with E-state index >= 15 is 0 Å². The fraction of sp³-hybridized carbons (Fsp3) is 0.429. The van der Waals surface area contributed by atoms with Crippen LogP contribution in [0.5, 0.6) is 0 Å². The smallest absolute Gasteiger partial charge is 0.152 e.